The molecule has 0 aromatic heterocycles. The van der Waals surface area contributed by atoms with Gasteiger partial charge < -0.3 is 5.11 Å². The fourth-order valence-corrected chi connectivity index (χ4v) is 2.71. The van der Waals surface area contributed by atoms with E-state index >= 15 is 0 Å². The number of aliphatic carboxylic acids is 1. The normalized spacial score (nSPS) is 19.9. The van der Waals surface area contributed by atoms with Gasteiger partial charge in [-0.25, -0.2) is 9.18 Å². The molecule has 1 atom stereocenters. The van der Waals surface area contributed by atoms with Crippen LogP contribution in [0, 0.1) is 5.82 Å². The van der Waals surface area contributed by atoms with Crippen molar-refractivity contribution < 1.29 is 14.3 Å². The van der Waals surface area contributed by atoms with Crippen molar-refractivity contribution in [2.45, 2.75) is 50.6 Å². The molecular formula is C15H20FNO2. The van der Waals surface area contributed by atoms with Crippen molar-refractivity contribution in [2.75, 3.05) is 0 Å². The SMILES string of the molecule is CC(NC1CCCCC1)(C(=O)O)c1ccc(F)cc1. The summed E-state index contributed by atoms with van der Waals surface area (Å²) in [6, 6.07) is 5.91. The van der Waals surface area contributed by atoms with E-state index in [4.69, 9.17) is 0 Å². The van der Waals surface area contributed by atoms with Crippen LogP contribution >= 0.6 is 0 Å². The van der Waals surface area contributed by atoms with Gasteiger partial charge in [-0.05, 0) is 37.5 Å². The first kappa shape index (κ1) is 14.0. The second kappa shape index (κ2) is 5.70. The molecule has 0 heterocycles. The number of carboxylic acid groups (broad SMARTS) is 1. The van der Waals surface area contributed by atoms with Gasteiger partial charge in [0.15, 0.2) is 0 Å². The van der Waals surface area contributed by atoms with Crippen LogP contribution in [0.5, 0.6) is 0 Å². The molecule has 2 N–H and O–H groups in total. The van der Waals surface area contributed by atoms with Crippen molar-refractivity contribution in [3.63, 3.8) is 0 Å². The molecule has 0 aliphatic heterocycles. The van der Waals surface area contributed by atoms with Crippen LogP contribution in [-0.4, -0.2) is 17.1 Å². The van der Waals surface area contributed by atoms with Crippen molar-refractivity contribution in [1.82, 2.24) is 5.32 Å². The Bertz CT molecular complexity index is 440. The molecule has 0 radical (unpaired) electrons. The van der Waals surface area contributed by atoms with E-state index in [-0.39, 0.29) is 11.9 Å². The van der Waals surface area contributed by atoms with Crippen LogP contribution in [0.4, 0.5) is 4.39 Å². The summed E-state index contributed by atoms with van der Waals surface area (Å²) in [4.78, 5) is 11.6. The van der Waals surface area contributed by atoms with E-state index in [1.54, 1.807) is 19.1 Å². The molecule has 19 heavy (non-hydrogen) atoms. The topological polar surface area (TPSA) is 49.3 Å². The number of carbonyl (C=O) groups is 1. The number of hydrogen-bond donors (Lipinski definition) is 2. The van der Waals surface area contributed by atoms with Crippen LogP contribution in [0.15, 0.2) is 24.3 Å². The lowest BCUT2D eigenvalue weighted by Crippen LogP contribution is -2.51. The molecule has 1 aliphatic carbocycles. The molecule has 0 bridgehead atoms. The quantitative estimate of drug-likeness (QED) is 0.879. The summed E-state index contributed by atoms with van der Waals surface area (Å²) in [6.45, 7) is 1.65. The summed E-state index contributed by atoms with van der Waals surface area (Å²) >= 11 is 0. The van der Waals surface area contributed by atoms with Gasteiger partial charge in [0.1, 0.15) is 11.4 Å². The highest BCUT2D eigenvalue weighted by Gasteiger charge is 2.37. The molecule has 1 fully saturated rings. The first-order valence-electron chi connectivity index (χ1n) is 6.79. The summed E-state index contributed by atoms with van der Waals surface area (Å²) in [7, 11) is 0. The summed E-state index contributed by atoms with van der Waals surface area (Å²) in [5, 5.41) is 12.8. The Morgan fingerprint density at radius 1 is 1.26 bits per heavy atom. The molecule has 2 rings (SSSR count). The van der Waals surface area contributed by atoms with Crippen LogP contribution in [0.3, 0.4) is 0 Å². The highest BCUT2D eigenvalue weighted by Crippen LogP contribution is 2.26. The maximum Gasteiger partial charge on any atom is 0.328 e. The standard InChI is InChI=1S/C15H20FNO2/c1-15(14(18)19,11-7-9-12(16)10-8-11)17-13-5-3-2-4-6-13/h7-10,13,17H,2-6H2,1H3,(H,18,19). The van der Waals surface area contributed by atoms with Gasteiger partial charge in [0.05, 0.1) is 0 Å². The first-order valence-corrected chi connectivity index (χ1v) is 6.79. The third-order valence-electron chi connectivity index (χ3n) is 3.95. The molecule has 0 spiro atoms. The van der Waals surface area contributed by atoms with E-state index in [2.05, 4.69) is 5.32 Å². The maximum absolute atomic E-state index is 13.0. The lowest BCUT2D eigenvalue weighted by atomic mass is 9.87. The molecular weight excluding hydrogens is 245 g/mol. The predicted octanol–water partition coefficient (Wildman–Crippen LogP) is 3.05. The molecule has 1 aromatic carbocycles. The monoisotopic (exact) mass is 265 g/mol. The van der Waals surface area contributed by atoms with E-state index in [0.29, 0.717) is 5.56 Å². The lowest BCUT2D eigenvalue weighted by Gasteiger charge is -2.34. The highest BCUT2D eigenvalue weighted by molar-refractivity contribution is 5.80. The smallest absolute Gasteiger partial charge is 0.328 e. The lowest BCUT2D eigenvalue weighted by molar-refractivity contribution is -0.145. The molecule has 104 valence electrons. The molecule has 0 saturated heterocycles. The Kier molecular flexibility index (Phi) is 4.20. The van der Waals surface area contributed by atoms with Crippen molar-refractivity contribution in [3.05, 3.63) is 35.6 Å². The Hall–Kier alpha value is -1.42. The summed E-state index contributed by atoms with van der Waals surface area (Å²) in [6.07, 6.45) is 5.50. The highest BCUT2D eigenvalue weighted by atomic mass is 19.1. The Morgan fingerprint density at radius 2 is 1.84 bits per heavy atom. The van der Waals surface area contributed by atoms with Crippen LogP contribution in [0.25, 0.3) is 0 Å². The fraction of sp³-hybridized carbons (Fsp3) is 0.533. The van der Waals surface area contributed by atoms with E-state index in [9.17, 15) is 14.3 Å². The first-order chi connectivity index (χ1) is 9.02. The summed E-state index contributed by atoms with van der Waals surface area (Å²) in [5.41, 5.74) is -0.567. The van der Waals surface area contributed by atoms with Crippen LogP contribution in [-0.2, 0) is 10.3 Å². The van der Waals surface area contributed by atoms with E-state index in [1.807, 2.05) is 0 Å². The largest absolute Gasteiger partial charge is 0.480 e. The number of rotatable bonds is 4. The van der Waals surface area contributed by atoms with Gasteiger partial charge in [-0.1, -0.05) is 31.4 Å². The summed E-state index contributed by atoms with van der Waals surface area (Å²) in [5.74, 6) is -1.28. The van der Waals surface area contributed by atoms with Crippen LogP contribution in [0.2, 0.25) is 0 Å². The van der Waals surface area contributed by atoms with Gasteiger partial charge in [0, 0.05) is 6.04 Å². The Labute approximate surface area is 112 Å². The van der Waals surface area contributed by atoms with Crippen molar-refractivity contribution >= 4 is 5.97 Å². The van der Waals surface area contributed by atoms with Crippen molar-refractivity contribution in [2.24, 2.45) is 0 Å². The second-order valence-electron chi connectivity index (χ2n) is 5.42. The molecule has 1 aromatic rings. The number of benzene rings is 1. The molecule has 1 unspecified atom stereocenters. The number of nitrogens with one attached hydrogen (secondary N) is 1. The summed E-state index contributed by atoms with van der Waals surface area (Å²) < 4.78 is 13.0. The minimum Gasteiger partial charge on any atom is -0.480 e. The zero-order valence-electron chi connectivity index (χ0n) is 11.2. The van der Waals surface area contributed by atoms with Crippen molar-refractivity contribution in [3.8, 4) is 0 Å². The minimum atomic E-state index is -1.16. The van der Waals surface area contributed by atoms with Gasteiger partial charge in [0.2, 0.25) is 0 Å². The molecule has 3 nitrogen and oxygen atoms in total. The third kappa shape index (κ3) is 3.13. The number of hydrogen-bond acceptors (Lipinski definition) is 2. The second-order valence-corrected chi connectivity index (χ2v) is 5.42. The van der Waals surface area contributed by atoms with E-state index in [0.717, 1.165) is 25.7 Å². The van der Waals surface area contributed by atoms with Gasteiger partial charge in [0.25, 0.3) is 0 Å². The number of carboxylic acids is 1. The Balaban J connectivity index is 2.21. The zero-order chi connectivity index (χ0) is 13.9. The van der Waals surface area contributed by atoms with E-state index < -0.39 is 11.5 Å². The molecule has 1 aliphatic rings. The fourth-order valence-electron chi connectivity index (χ4n) is 2.71. The van der Waals surface area contributed by atoms with Gasteiger partial charge >= 0.3 is 5.97 Å². The number of halogens is 1. The van der Waals surface area contributed by atoms with E-state index in [1.165, 1.54) is 18.6 Å². The van der Waals surface area contributed by atoms with Crippen molar-refractivity contribution in [1.29, 1.82) is 0 Å². The van der Waals surface area contributed by atoms with Crippen LogP contribution in [0.1, 0.15) is 44.6 Å². The molecule has 4 heteroatoms. The predicted molar refractivity (Wildman–Crippen MR) is 71.4 cm³/mol. The maximum atomic E-state index is 13.0. The molecule has 0 amide bonds. The van der Waals surface area contributed by atoms with Gasteiger partial charge in [-0.3, -0.25) is 5.32 Å². The van der Waals surface area contributed by atoms with Crippen LogP contribution < -0.4 is 5.32 Å². The Morgan fingerprint density at radius 3 is 2.37 bits per heavy atom. The average Bonchev–Trinajstić information content (AvgIpc) is 2.40. The molecule has 1 saturated carbocycles. The van der Waals surface area contributed by atoms with Gasteiger partial charge in [-0.2, -0.15) is 0 Å². The minimum absolute atomic E-state index is 0.222. The zero-order valence-corrected chi connectivity index (χ0v) is 11.2. The third-order valence-corrected chi connectivity index (χ3v) is 3.95. The average molecular weight is 265 g/mol. The van der Waals surface area contributed by atoms with Gasteiger partial charge in [-0.15, -0.1) is 0 Å².